The molecule has 0 radical (unpaired) electrons. The van der Waals surface area contributed by atoms with E-state index in [-0.39, 0.29) is 11.6 Å². The fraction of sp³-hybridized carbons (Fsp3) is 0. The zero-order valence-corrected chi connectivity index (χ0v) is 21.0. The third-order valence-corrected chi connectivity index (χ3v) is 7.39. The van der Waals surface area contributed by atoms with Crippen molar-refractivity contribution in [1.29, 1.82) is 0 Å². The highest BCUT2D eigenvalue weighted by Gasteiger charge is 2.20. The summed E-state index contributed by atoms with van der Waals surface area (Å²) in [5.41, 5.74) is 10.2. The Balaban J connectivity index is 1.66. The number of benzene rings is 6. The molecule has 0 atom stereocenters. The first-order chi connectivity index (χ1) is 19.2. The van der Waals surface area contributed by atoms with Gasteiger partial charge in [-0.25, -0.2) is 8.78 Å². The maximum atomic E-state index is 13.8. The van der Waals surface area contributed by atoms with Gasteiger partial charge in [-0.2, -0.15) is 0 Å². The van der Waals surface area contributed by atoms with E-state index < -0.39 is 0 Å². The van der Waals surface area contributed by atoms with Gasteiger partial charge in [-0.15, -0.1) is 0 Å². The molecular weight excluding hydrogens is 484 g/mol. The largest absolute Gasteiger partial charge is 0.353 e. The Bertz CT molecular complexity index is 1790. The molecule has 1 aromatic heterocycles. The summed E-state index contributed by atoms with van der Waals surface area (Å²) in [5.74, 6) is -0.532. The van der Waals surface area contributed by atoms with E-state index in [0.29, 0.717) is 0 Å². The van der Waals surface area contributed by atoms with Crippen LogP contribution in [0.15, 0.2) is 133 Å². The van der Waals surface area contributed by atoms with Crippen LogP contribution < -0.4 is 0 Å². The Hall–Kier alpha value is -5.02. The van der Waals surface area contributed by atoms with Gasteiger partial charge in [0.05, 0.1) is 11.0 Å². The van der Waals surface area contributed by atoms with Crippen molar-refractivity contribution in [2.24, 2.45) is 0 Å². The molecule has 0 aliphatic carbocycles. The molecule has 0 bridgehead atoms. The molecule has 0 unspecified atom stereocenters. The summed E-state index contributed by atoms with van der Waals surface area (Å²) < 4.78 is 27.7. The van der Waals surface area contributed by atoms with Gasteiger partial charge in [0.25, 0.3) is 0 Å². The Morgan fingerprint density at radius 3 is 1.05 bits per heavy atom. The molecule has 0 aliphatic rings. The third-order valence-electron chi connectivity index (χ3n) is 7.39. The average molecular weight is 508 g/mol. The average Bonchev–Trinajstić information content (AvgIpc) is 3.39. The summed E-state index contributed by atoms with van der Waals surface area (Å²) in [6, 6.07) is 42.5. The molecule has 1 N–H and O–H groups in total. The topological polar surface area (TPSA) is 15.8 Å². The zero-order valence-electron chi connectivity index (χ0n) is 21.0. The minimum absolute atomic E-state index is 0.266. The van der Waals surface area contributed by atoms with Crippen LogP contribution >= 0.6 is 0 Å². The van der Waals surface area contributed by atoms with E-state index in [1.165, 1.54) is 24.3 Å². The van der Waals surface area contributed by atoms with Crippen molar-refractivity contribution in [2.45, 2.75) is 0 Å². The van der Waals surface area contributed by atoms with Crippen LogP contribution in [-0.2, 0) is 0 Å². The Morgan fingerprint density at radius 1 is 0.333 bits per heavy atom. The molecule has 7 aromatic rings. The predicted molar refractivity (Wildman–Crippen MR) is 157 cm³/mol. The molecule has 0 aliphatic heterocycles. The van der Waals surface area contributed by atoms with Crippen LogP contribution in [0.4, 0.5) is 8.78 Å². The Morgan fingerprint density at radius 2 is 0.667 bits per heavy atom. The van der Waals surface area contributed by atoms with Crippen molar-refractivity contribution in [3.63, 3.8) is 0 Å². The van der Waals surface area contributed by atoms with Crippen LogP contribution in [0.2, 0.25) is 0 Å². The van der Waals surface area contributed by atoms with E-state index in [2.05, 4.69) is 53.5 Å². The molecule has 39 heavy (non-hydrogen) atoms. The highest BCUT2D eigenvalue weighted by atomic mass is 19.1. The van der Waals surface area contributed by atoms with Gasteiger partial charge in [-0.05, 0) is 57.6 Å². The normalized spacial score (nSPS) is 11.3. The van der Waals surface area contributed by atoms with Crippen LogP contribution in [0.1, 0.15) is 0 Å². The maximum Gasteiger partial charge on any atom is 0.123 e. The highest BCUT2D eigenvalue weighted by Crippen LogP contribution is 2.45. The monoisotopic (exact) mass is 507 g/mol. The first kappa shape index (κ1) is 23.1. The van der Waals surface area contributed by atoms with E-state index in [4.69, 9.17) is 0 Å². The lowest BCUT2D eigenvalue weighted by molar-refractivity contribution is 0.627. The van der Waals surface area contributed by atoms with Crippen LogP contribution in [0, 0.1) is 11.6 Å². The number of aromatic amines is 1. The smallest absolute Gasteiger partial charge is 0.123 e. The summed E-state index contributed by atoms with van der Waals surface area (Å²) in [6.07, 6.45) is 0. The van der Waals surface area contributed by atoms with Gasteiger partial charge in [-0.1, -0.05) is 109 Å². The van der Waals surface area contributed by atoms with Crippen LogP contribution in [-0.4, -0.2) is 4.98 Å². The van der Waals surface area contributed by atoms with Crippen molar-refractivity contribution in [3.05, 3.63) is 145 Å². The van der Waals surface area contributed by atoms with Gasteiger partial charge < -0.3 is 4.98 Å². The molecule has 186 valence electrons. The maximum absolute atomic E-state index is 13.8. The van der Waals surface area contributed by atoms with E-state index in [1.807, 2.05) is 60.7 Å². The van der Waals surface area contributed by atoms with Gasteiger partial charge in [-0.3, -0.25) is 0 Å². The molecule has 1 heterocycles. The number of hydrogen-bond acceptors (Lipinski definition) is 0. The number of halogens is 2. The van der Waals surface area contributed by atoms with Gasteiger partial charge >= 0.3 is 0 Å². The predicted octanol–water partition coefficient (Wildman–Crippen LogP) is 10.3. The number of H-pyrrole nitrogens is 1. The fourth-order valence-electron chi connectivity index (χ4n) is 5.57. The van der Waals surface area contributed by atoms with E-state index in [9.17, 15) is 8.78 Å². The molecule has 1 nitrogen and oxygen atoms in total. The summed E-state index contributed by atoms with van der Waals surface area (Å²) in [6.45, 7) is 0. The standard InChI is InChI=1S/C36H23F2N/c37-27-15-11-25(12-16-27)31-21-19-29(23-7-3-1-4-8-23)33-34-30(24-9-5-2-6-10-24)20-22-32(36(34)39-35(31)33)26-13-17-28(38)18-14-26/h1-22,39H. The van der Waals surface area contributed by atoms with Crippen molar-refractivity contribution in [1.82, 2.24) is 4.98 Å². The second kappa shape index (κ2) is 9.38. The minimum atomic E-state index is -0.266. The van der Waals surface area contributed by atoms with Gasteiger partial charge in [0.1, 0.15) is 11.6 Å². The zero-order chi connectivity index (χ0) is 26.3. The van der Waals surface area contributed by atoms with Crippen LogP contribution in [0.3, 0.4) is 0 Å². The summed E-state index contributed by atoms with van der Waals surface area (Å²) >= 11 is 0. The molecular formula is C36H23F2N. The summed E-state index contributed by atoms with van der Waals surface area (Å²) in [5, 5.41) is 2.20. The molecule has 7 rings (SSSR count). The van der Waals surface area contributed by atoms with Crippen molar-refractivity contribution in [2.75, 3.05) is 0 Å². The van der Waals surface area contributed by atoms with Gasteiger partial charge in [0.2, 0.25) is 0 Å². The number of hydrogen-bond donors (Lipinski definition) is 1. The lowest BCUT2D eigenvalue weighted by atomic mass is 9.90. The number of aromatic nitrogens is 1. The Labute approximate surface area is 225 Å². The van der Waals surface area contributed by atoms with Crippen LogP contribution in [0.25, 0.3) is 66.3 Å². The van der Waals surface area contributed by atoms with E-state index >= 15 is 0 Å². The second-order valence-corrected chi connectivity index (χ2v) is 9.69. The van der Waals surface area contributed by atoms with Gasteiger partial charge in [0.15, 0.2) is 0 Å². The minimum Gasteiger partial charge on any atom is -0.353 e. The molecule has 3 heteroatoms. The van der Waals surface area contributed by atoms with E-state index in [0.717, 1.165) is 66.3 Å². The quantitative estimate of drug-likeness (QED) is 0.244. The molecule has 0 saturated heterocycles. The first-order valence-corrected chi connectivity index (χ1v) is 12.9. The number of rotatable bonds is 4. The lowest BCUT2D eigenvalue weighted by Crippen LogP contribution is -1.87. The van der Waals surface area contributed by atoms with Crippen molar-refractivity contribution < 1.29 is 8.78 Å². The molecule has 0 saturated carbocycles. The lowest BCUT2D eigenvalue weighted by Gasteiger charge is -2.12. The summed E-state index contributed by atoms with van der Waals surface area (Å²) in [7, 11) is 0. The first-order valence-electron chi connectivity index (χ1n) is 12.9. The number of fused-ring (bicyclic) bond motifs is 3. The molecule has 0 amide bonds. The highest BCUT2D eigenvalue weighted by molar-refractivity contribution is 6.24. The fourth-order valence-corrected chi connectivity index (χ4v) is 5.57. The SMILES string of the molecule is Fc1ccc(-c2ccc(-c3ccccc3)c3c2[nH]c2c(-c4ccc(F)cc4)ccc(-c4ccccc4)c23)cc1. The van der Waals surface area contributed by atoms with Gasteiger partial charge in [0, 0.05) is 21.9 Å². The third kappa shape index (κ3) is 4.00. The second-order valence-electron chi connectivity index (χ2n) is 9.69. The number of nitrogens with one attached hydrogen (secondary N) is 1. The van der Waals surface area contributed by atoms with Crippen molar-refractivity contribution >= 4 is 21.8 Å². The van der Waals surface area contributed by atoms with E-state index in [1.54, 1.807) is 0 Å². The molecule has 0 spiro atoms. The Kier molecular flexibility index (Phi) is 5.56. The molecule has 6 aromatic carbocycles. The van der Waals surface area contributed by atoms with Crippen LogP contribution in [0.5, 0.6) is 0 Å². The summed E-state index contributed by atoms with van der Waals surface area (Å²) in [4.78, 5) is 3.77. The molecule has 0 fully saturated rings. The van der Waals surface area contributed by atoms with Crippen molar-refractivity contribution in [3.8, 4) is 44.5 Å².